The lowest BCUT2D eigenvalue weighted by Crippen LogP contribution is -2.51. The van der Waals surface area contributed by atoms with Crippen LogP contribution < -0.4 is 10.1 Å². The van der Waals surface area contributed by atoms with Gasteiger partial charge in [-0.2, -0.15) is 0 Å². The number of nitrogens with one attached hydrogen (secondary N) is 1. The number of carbonyl (C=O) groups is 2. The van der Waals surface area contributed by atoms with Crippen molar-refractivity contribution >= 4 is 39.3 Å². The zero-order chi connectivity index (χ0) is 23.1. The average molecular weight is 522 g/mol. The molecule has 0 heterocycles. The molecule has 0 spiro atoms. The molecule has 2 aromatic rings. The van der Waals surface area contributed by atoms with Gasteiger partial charge in [0, 0.05) is 17.1 Å². The van der Waals surface area contributed by atoms with Gasteiger partial charge in [-0.25, -0.2) is 0 Å². The summed E-state index contributed by atoms with van der Waals surface area (Å²) in [5, 5.41) is 3.56. The summed E-state index contributed by atoms with van der Waals surface area (Å²) in [6.07, 6.45) is 5.47. The second-order valence-corrected chi connectivity index (χ2v) is 9.71. The van der Waals surface area contributed by atoms with Crippen molar-refractivity contribution in [3.05, 3.63) is 63.1 Å². The van der Waals surface area contributed by atoms with Gasteiger partial charge in [-0.1, -0.05) is 76.6 Å². The number of ether oxygens (including phenoxy) is 1. The number of nitrogens with zero attached hydrogens (tertiary/aromatic N) is 1. The number of aryl methyl sites for hydroxylation is 1. The van der Waals surface area contributed by atoms with Crippen LogP contribution in [0, 0.1) is 6.92 Å². The number of rotatable bonds is 8. The van der Waals surface area contributed by atoms with E-state index in [1.807, 2.05) is 31.2 Å². The number of carbonyl (C=O) groups excluding carboxylic acids is 2. The van der Waals surface area contributed by atoms with E-state index in [9.17, 15) is 9.59 Å². The molecule has 0 unspecified atom stereocenters. The van der Waals surface area contributed by atoms with E-state index in [0.717, 1.165) is 41.3 Å². The monoisotopic (exact) mass is 520 g/mol. The second kappa shape index (κ2) is 11.7. The van der Waals surface area contributed by atoms with Crippen molar-refractivity contribution in [2.24, 2.45) is 0 Å². The third-order valence-electron chi connectivity index (χ3n) is 5.84. The molecule has 2 aromatic carbocycles. The van der Waals surface area contributed by atoms with Crippen LogP contribution in [0.15, 0.2) is 46.9 Å². The summed E-state index contributed by atoms with van der Waals surface area (Å²) in [7, 11) is 0. The van der Waals surface area contributed by atoms with Crippen molar-refractivity contribution in [2.75, 3.05) is 6.61 Å². The molecule has 1 atom stereocenters. The van der Waals surface area contributed by atoms with Crippen LogP contribution in [0.2, 0.25) is 5.02 Å². The number of amides is 2. The number of benzene rings is 2. The number of halogens is 2. The van der Waals surface area contributed by atoms with E-state index < -0.39 is 6.04 Å². The first-order valence-corrected chi connectivity index (χ1v) is 12.2. The molecule has 0 aliphatic heterocycles. The third-order valence-corrected chi connectivity index (χ3v) is 6.63. The van der Waals surface area contributed by atoms with Gasteiger partial charge in [0.15, 0.2) is 6.61 Å². The van der Waals surface area contributed by atoms with Crippen molar-refractivity contribution in [2.45, 2.75) is 64.6 Å². The molecule has 1 aliphatic rings. The van der Waals surface area contributed by atoms with E-state index in [-0.39, 0.29) is 24.5 Å². The Morgan fingerprint density at radius 3 is 2.50 bits per heavy atom. The Bertz CT molecular complexity index is 929. The van der Waals surface area contributed by atoms with Crippen molar-refractivity contribution in [3.63, 3.8) is 0 Å². The highest BCUT2D eigenvalue weighted by molar-refractivity contribution is 9.10. The summed E-state index contributed by atoms with van der Waals surface area (Å²) < 4.78 is 6.52. The fourth-order valence-corrected chi connectivity index (χ4v) is 4.58. The molecule has 1 aliphatic carbocycles. The minimum atomic E-state index is -0.616. The van der Waals surface area contributed by atoms with E-state index in [4.69, 9.17) is 16.3 Å². The lowest BCUT2D eigenvalue weighted by molar-refractivity contribution is -0.142. The lowest BCUT2D eigenvalue weighted by Gasteiger charge is -2.31. The van der Waals surface area contributed by atoms with Crippen LogP contribution in [0.4, 0.5) is 0 Å². The highest BCUT2D eigenvalue weighted by atomic mass is 79.9. The van der Waals surface area contributed by atoms with E-state index in [1.54, 1.807) is 30.0 Å². The summed E-state index contributed by atoms with van der Waals surface area (Å²) in [5.74, 6) is 0.0349. The van der Waals surface area contributed by atoms with Gasteiger partial charge in [0.1, 0.15) is 11.8 Å². The van der Waals surface area contributed by atoms with Crippen molar-refractivity contribution in [1.82, 2.24) is 10.2 Å². The second-order valence-electron chi connectivity index (χ2n) is 8.39. The predicted octanol–water partition coefficient (Wildman–Crippen LogP) is 5.66. The Morgan fingerprint density at radius 1 is 1.16 bits per heavy atom. The molecular formula is C25H30BrClN2O3. The van der Waals surface area contributed by atoms with E-state index in [0.29, 0.717) is 17.3 Å². The highest BCUT2D eigenvalue weighted by Crippen LogP contribution is 2.28. The SMILES string of the molecule is Cc1ccc(CN(C(=O)COc2ccc(Br)cc2Cl)[C@H](C)C(=O)NC2CCCCC2)cc1. The molecule has 32 heavy (non-hydrogen) atoms. The fourth-order valence-electron chi connectivity index (χ4n) is 3.86. The molecule has 0 aromatic heterocycles. The van der Waals surface area contributed by atoms with Crippen LogP contribution in [0.1, 0.15) is 50.2 Å². The first-order valence-electron chi connectivity index (χ1n) is 11.1. The maximum absolute atomic E-state index is 13.2. The Balaban J connectivity index is 1.71. The number of hydrogen-bond donors (Lipinski definition) is 1. The van der Waals surface area contributed by atoms with Gasteiger partial charge in [0.05, 0.1) is 5.02 Å². The molecule has 1 N–H and O–H groups in total. The smallest absolute Gasteiger partial charge is 0.261 e. The Labute approximate surface area is 203 Å². The molecule has 172 valence electrons. The molecular weight excluding hydrogens is 492 g/mol. The van der Waals surface area contributed by atoms with Crippen LogP contribution >= 0.6 is 27.5 Å². The number of hydrogen-bond acceptors (Lipinski definition) is 3. The lowest BCUT2D eigenvalue weighted by atomic mass is 9.95. The van der Waals surface area contributed by atoms with Gasteiger partial charge in [-0.15, -0.1) is 0 Å². The normalized spacial score (nSPS) is 15.1. The van der Waals surface area contributed by atoms with Gasteiger partial charge in [-0.3, -0.25) is 9.59 Å². The summed E-state index contributed by atoms with van der Waals surface area (Å²) in [5.41, 5.74) is 2.10. The minimum absolute atomic E-state index is 0.126. The minimum Gasteiger partial charge on any atom is -0.482 e. The summed E-state index contributed by atoms with van der Waals surface area (Å²) in [4.78, 5) is 27.7. The summed E-state index contributed by atoms with van der Waals surface area (Å²) >= 11 is 9.57. The molecule has 2 amide bonds. The third kappa shape index (κ3) is 6.97. The van der Waals surface area contributed by atoms with Crippen molar-refractivity contribution < 1.29 is 14.3 Å². The summed E-state index contributed by atoms with van der Waals surface area (Å²) in [6, 6.07) is 12.8. The first kappa shape index (κ1) is 24.6. The molecule has 1 saturated carbocycles. The van der Waals surface area contributed by atoms with E-state index in [2.05, 4.69) is 21.2 Å². The molecule has 0 bridgehead atoms. The van der Waals surface area contributed by atoms with E-state index >= 15 is 0 Å². The van der Waals surface area contributed by atoms with Gasteiger partial charge < -0.3 is 15.0 Å². The molecule has 5 nitrogen and oxygen atoms in total. The molecule has 1 fully saturated rings. The van der Waals surface area contributed by atoms with Crippen LogP contribution in [-0.4, -0.2) is 35.4 Å². The van der Waals surface area contributed by atoms with Gasteiger partial charge in [0.25, 0.3) is 5.91 Å². The summed E-state index contributed by atoms with van der Waals surface area (Å²) in [6.45, 7) is 3.92. The Morgan fingerprint density at radius 2 is 1.84 bits per heavy atom. The quantitative estimate of drug-likeness (QED) is 0.488. The van der Waals surface area contributed by atoms with Crippen LogP contribution in [0.3, 0.4) is 0 Å². The average Bonchev–Trinajstić information content (AvgIpc) is 2.78. The molecule has 0 saturated heterocycles. The zero-order valence-corrected chi connectivity index (χ0v) is 20.9. The van der Waals surface area contributed by atoms with Crippen molar-refractivity contribution in [1.29, 1.82) is 0 Å². The van der Waals surface area contributed by atoms with Crippen molar-refractivity contribution in [3.8, 4) is 5.75 Å². The topological polar surface area (TPSA) is 58.6 Å². The maximum Gasteiger partial charge on any atom is 0.261 e. The fraction of sp³-hybridized carbons (Fsp3) is 0.440. The van der Waals surface area contributed by atoms with Crippen LogP contribution in [0.5, 0.6) is 5.75 Å². The largest absolute Gasteiger partial charge is 0.482 e. The van der Waals surface area contributed by atoms with E-state index in [1.165, 1.54) is 6.42 Å². The zero-order valence-electron chi connectivity index (χ0n) is 18.6. The Kier molecular flexibility index (Phi) is 9.00. The van der Waals surface area contributed by atoms with Crippen LogP contribution in [0.25, 0.3) is 0 Å². The maximum atomic E-state index is 13.2. The standard InChI is InChI=1S/C25H30BrClN2O3/c1-17-8-10-19(11-9-17)15-29(18(2)25(31)28-21-6-4-3-5-7-21)24(30)16-32-23-13-12-20(26)14-22(23)27/h8-14,18,21H,3-7,15-16H2,1-2H3,(H,28,31)/t18-/m1/s1. The first-order chi connectivity index (χ1) is 15.3. The molecule has 0 radical (unpaired) electrons. The highest BCUT2D eigenvalue weighted by Gasteiger charge is 2.28. The van der Waals surface area contributed by atoms with Gasteiger partial charge >= 0.3 is 0 Å². The predicted molar refractivity (Wildman–Crippen MR) is 131 cm³/mol. The van der Waals surface area contributed by atoms with Gasteiger partial charge in [0.2, 0.25) is 5.91 Å². The van der Waals surface area contributed by atoms with Crippen LogP contribution in [-0.2, 0) is 16.1 Å². The Hall–Kier alpha value is -2.05. The molecule has 7 heteroatoms. The van der Waals surface area contributed by atoms with Gasteiger partial charge in [-0.05, 0) is 50.5 Å². The molecule has 3 rings (SSSR count).